The minimum Gasteiger partial charge on any atom is -0.441 e. The van der Waals surface area contributed by atoms with Gasteiger partial charge in [-0.05, 0) is 30.9 Å². The molecule has 22 heavy (non-hydrogen) atoms. The van der Waals surface area contributed by atoms with Crippen LogP contribution in [0.5, 0.6) is 0 Å². The van der Waals surface area contributed by atoms with Gasteiger partial charge in [0.15, 0.2) is 0 Å². The molecule has 3 aliphatic rings. The van der Waals surface area contributed by atoms with E-state index in [1.54, 1.807) is 0 Å². The second-order valence-corrected chi connectivity index (χ2v) is 5.90. The summed E-state index contributed by atoms with van der Waals surface area (Å²) >= 11 is 0. The molecule has 1 aromatic rings. The summed E-state index contributed by atoms with van der Waals surface area (Å²) in [7, 11) is 0. The number of amides is 1. The lowest BCUT2D eigenvalue weighted by molar-refractivity contribution is 0.0830. The highest BCUT2D eigenvalue weighted by molar-refractivity contribution is 5.94. The summed E-state index contributed by atoms with van der Waals surface area (Å²) in [4.78, 5) is 15.3. The molecule has 6 heteroatoms. The van der Waals surface area contributed by atoms with E-state index in [1.165, 1.54) is 11.0 Å². The first-order valence-corrected chi connectivity index (χ1v) is 7.55. The van der Waals surface area contributed by atoms with Crippen molar-refractivity contribution in [2.75, 3.05) is 23.0 Å². The molecule has 0 bridgehead atoms. The number of aliphatic hydroxyl groups excluding tert-OH is 1. The Hall–Kier alpha value is -2.08. The number of fused-ring (bicyclic) bond motifs is 3. The molecule has 1 N–H and O–H groups in total. The number of halogens is 1. The first-order chi connectivity index (χ1) is 10.7. The van der Waals surface area contributed by atoms with Crippen LogP contribution < -0.4 is 9.80 Å². The molecule has 4 rings (SSSR count). The van der Waals surface area contributed by atoms with Crippen molar-refractivity contribution in [3.63, 3.8) is 0 Å². The van der Waals surface area contributed by atoms with E-state index in [0.717, 1.165) is 24.9 Å². The van der Waals surface area contributed by atoms with Crippen molar-refractivity contribution >= 4 is 17.5 Å². The molecule has 1 amide bonds. The smallest absolute Gasteiger partial charge is 0.415 e. The van der Waals surface area contributed by atoms with Gasteiger partial charge in [0.2, 0.25) is 0 Å². The molecule has 0 radical (unpaired) electrons. The maximum Gasteiger partial charge on any atom is 0.415 e. The summed E-state index contributed by atoms with van der Waals surface area (Å²) in [6, 6.07) is 2.99. The topological polar surface area (TPSA) is 53.0 Å². The van der Waals surface area contributed by atoms with Crippen molar-refractivity contribution in [1.82, 2.24) is 0 Å². The molecule has 1 fully saturated rings. The maximum atomic E-state index is 14.5. The van der Waals surface area contributed by atoms with Crippen LogP contribution >= 0.6 is 0 Å². The third-order valence-electron chi connectivity index (χ3n) is 4.59. The first kappa shape index (κ1) is 13.6. The number of cyclic esters (lactones) is 1. The van der Waals surface area contributed by atoms with Crippen LogP contribution in [-0.4, -0.2) is 36.5 Å². The van der Waals surface area contributed by atoms with Gasteiger partial charge in [0.25, 0.3) is 0 Å². The van der Waals surface area contributed by atoms with Gasteiger partial charge in [0, 0.05) is 18.8 Å². The quantitative estimate of drug-likeness (QED) is 0.910. The van der Waals surface area contributed by atoms with E-state index in [1.807, 2.05) is 23.2 Å². The molecular formula is C16H17FN2O3. The van der Waals surface area contributed by atoms with Crippen LogP contribution in [0.25, 0.3) is 0 Å². The van der Waals surface area contributed by atoms with Gasteiger partial charge in [-0.2, -0.15) is 0 Å². The zero-order valence-corrected chi connectivity index (χ0v) is 12.0. The highest BCUT2D eigenvalue weighted by atomic mass is 19.1. The molecule has 5 nitrogen and oxygen atoms in total. The summed E-state index contributed by atoms with van der Waals surface area (Å²) in [6.07, 6.45) is 5.50. The Balaban J connectivity index is 1.73. The Morgan fingerprint density at radius 3 is 2.95 bits per heavy atom. The summed E-state index contributed by atoms with van der Waals surface area (Å²) < 4.78 is 19.6. The third-order valence-corrected chi connectivity index (χ3v) is 4.59. The lowest BCUT2D eigenvalue weighted by Gasteiger charge is -2.25. The number of nitrogens with zero attached hydrogens (tertiary/aromatic N) is 2. The summed E-state index contributed by atoms with van der Waals surface area (Å²) in [5.41, 5.74) is 2.04. The van der Waals surface area contributed by atoms with Crippen LogP contribution in [0.15, 0.2) is 24.4 Å². The molecule has 1 saturated heterocycles. The number of carbonyl (C=O) groups is 1. The molecule has 2 atom stereocenters. The molecule has 3 heterocycles. The van der Waals surface area contributed by atoms with Crippen molar-refractivity contribution in [3.05, 3.63) is 35.8 Å². The number of hydrogen-bond acceptors (Lipinski definition) is 4. The zero-order valence-electron chi connectivity index (χ0n) is 12.0. The Bertz CT molecular complexity index is 661. The fourth-order valence-corrected chi connectivity index (χ4v) is 3.51. The fourth-order valence-electron chi connectivity index (χ4n) is 3.51. The summed E-state index contributed by atoms with van der Waals surface area (Å²) in [5.74, 6) is -0.341. The highest BCUT2D eigenvalue weighted by Crippen LogP contribution is 2.41. The Morgan fingerprint density at radius 2 is 2.23 bits per heavy atom. The number of hydrogen-bond donors (Lipinski definition) is 1. The Morgan fingerprint density at radius 1 is 1.36 bits per heavy atom. The average molecular weight is 304 g/mol. The van der Waals surface area contributed by atoms with E-state index in [4.69, 9.17) is 4.74 Å². The number of aliphatic hydroxyl groups is 1. The van der Waals surface area contributed by atoms with E-state index in [0.29, 0.717) is 17.8 Å². The fraction of sp³-hybridized carbons (Fsp3) is 0.438. The van der Waals surface area contributed by atoms with Crippen LogP contribution in [0.4, 0.5) is 20.6 Å². The van der Waals surface area contributed by atoms with Crippen LogP contribution in [-0.2, 0) is 11.2 Å². The van der Waals surface area contributed by atoms with Crippen molar-refractivity contribution in [2.24, 2.45) is 0 Å². The molecule has 116 valence electrons. The molecule has 0 spiro atoms. The molecule has 0 aromatic heterocycles. The van der Waals surface area contributed by atoms with Crippen LogP contribution in [0.3, 0.4) is 0 Å². The molecule has 3 aliphatic heterocycles. The van der Waals surface area contributed by atoms with Gasteiger partial charge in [-0.15, -0.1) is 0 Å². The predicted molar refractivity (Wildman–Crippen MR) is 79.4 cm³/mol. The molecular weight excluding hydrogens is 287 g/mol. The minimum absolute atomic E-state index is 0.217. The lowest BCUT2D eigenvalue weighted by Crippen LogP contribution is -2.34. The number of allylic oxidation sites excluding steroid dienone is 1. The first-order valence-electron chi connectivity index (χ1n) is 7.55. The average Bonchev–Trinajstić information content (AvgIpc) is 3.05. The van der Waals surface area contributed by atoms with Gasteiger partial charge in [-0.1, -0.05) is 6.08 Å². The van der Waals surface area contributed by atoms with Crippen molar-refractivity contribution in [3.8, 4) is 0 Å². The van der Waals surface area contributed by atoms with Crippen LogP contribution in [0, 0.1) is 5.82 Å². The van der Waals surface area contributed by atoms with Gasteiger partial charge in [-0.25, -0.2) is 9.18 Å². The number of ether oxygens (including phenoxy) is 1. The van der Waals surface area contributed by atoms with E-state index >= 15 is 0 Å². The highest BCUT2D eigenvalue weighted by Gasteiger charge is 2.47. The number of anilines is 2. The number of carbonyl (C=O) groups excluding carboxylic acids is 1. The summed E-state index contributed by atoms with van der Waals surface area (Å²) in [6.45, 7) is 0.575. The Kier molecular flexibility index (Phi) is 3.07. The normalized spacial score (nSPS) is 26.2. The van der Waals surface area contributed by atoms with Gasteiger partial charge in [0.1, 0.15) is 11.9 Å². The second kappa shape index (κ2) is 4.98. The summed E-state index contributed by atoms with van der Waals surface area (Å²) in [5, 5.41) is 9.33. The third kappa shape index (κ3) is 1.90. The second-order valence-electron chi connectivity index (χ2n) is 5.90. The van der Waals surface area contributed by atoms with Gasteiger partial charge < -0.3 is 14.7 Å². The largest absolute Gasteiger partial charge is 0.441 e. The van der Waals surface area contributed by atoms with E-state index in [9.17, 15) is 14.3 Å². The molecule has 0 saturated carbocycles. The van der Waals surface area contributed by atoms with Crippen molar-refractivity contribution in [1.29, 1.82) is 0 Å². The molecule has 0 aliphatic carbocycles. The SMILES string of the molecule is O=C1O[C@@H](CO)[C@@H]2Cc3cc(N4C=CCCC4)c(F)cc3N12. The monoisotopic (exact) mass is 304 g/mol. The van der Waals surface area contributed by atoms with E-state index < -0.39 is 12.2 Å². The molecule has 0 unspecified atom stereocenters. The van der Waals surface area contributed by atoms with Crippen molar-refractivity contribution < 1.29 is 19.0 Å². The van der Waals surface area contributed by atoms with E-state index in [-0.39, 0.29) is 18.5 Å². The van der Waals surface area contributed by atoms with Crippen molar-refractivity contribution in [2.45, 2.75) is 31.4 Å². The van der Waals surface area contributed by atoms with Crippen LogP contribution in [0.2, 0.25) is 0 Å². The molecule has 1 aromatic carbocycles. The Labute approximate surface area is 127 Å². The number of benzene rings is 1. The van der Waals surface area contributed by atoms with Gasteiger partial charge in [-0.3, -0.25) is 4.90 Å². The zero-order chi connectivity index (χ0) is 15.3. The lowest BCUT2D eigenvalue weighted by atomic mass is 10.0. The maximum absolute atomic E-state index is 14.5. The number of rotatable bonds is 2. The van der Waals surface area contributed by atoms with E-state index in [2.05, 4.69) is 0 Å². The van der Waals surface area contributed by atoms with Crippen LogP contribution in [0.1, 0.15) is 18.4 Å². The van der Waals surface area contributed by atoms with Gasteiger partial charge >= 0.3 is 6.09 Å². The standard InChI is InChI=1S/C16H17FN2O3/c17-11-8-12-10(6-13(11)18-4-2-1-3-5-18)7-14-15(9-20)22-16(21)19(12)14/h2,4,6,8,14-15,20H,1,3,5,7,9H2/t14-,15-/m0/s1. The minimum atomic E-state index is -0.540. The predicted octanol–water partition coefficient (Wildman–Crippen LogP) is 2.18. The van der Waals surface area contributed by atoms with Gasteiger partial charge in [0.05, 0.1) is 24.0 Å².